The third-order valence-corrected chi connectivity index (χ3v) is 3.00. The average molecular weight is 277 g/mol. The van der Waals surface area contributed by atoms with Crippen LogP contribution in [0.1, 0.15) is 15.9 Å². The summed E-state index contributed by atoms with van der Waals surface area (Å²) in [5.74, 6) is 0.709. The standard InChI is InChI=1S/C14H13ClN2O2/c15-12-2-1-3-13(11(12)8-16)19-10-6-4-9(5-7-10)14(17)18/h1-7H,8,16H2,(H2,17,18). The first-order valence-electron chi connectivity index (χ1n) is 5.67. The van der Waals surface area contributed by atoms with Crippen LogP contribution in [0.2, 0.25) is 5.02 Å². The molecule has 2 aromatic carbocycles. The molecule has 4 N–H and O–H groups in total. The molecule has 0 spiro atoms. The summed E-state index contributed by atoms with van der Waals surface area (Å²) in [6.45, 7) is 0.286. The second kappa shape index (κ2) is 5.73. The fraction of sp³-hybridized carbons (Fsp3) is 0.0714. The lowest BCUT2D eigenvalue weighted by molar-refractivity contribution is 0.100. The first-order valence-corrected chi connectivity index (χ1v) is 6.05. The van der Waals surface area contributed by atoms with Crippen LogP contribution in [0.3, 0.4) is 0 Å². The van der Waals surface area contributed by atoms with Gasteiger partial charge in [-0.1, -0.05) is 17.7 Å². The molecule has 2 rings (SSSR count). The van der Waals surface area contributed by atoms with E-state index in [4.69, 9.17) is 27.8 Å². The third kappa shape index (κ3) is 3.05. The van der Waals surface area contributed by atoms with Crippen LogP contribution in [-0.2, 0) is 6.54 Å². The number of halogens is 1. The molecule has 0 aliphatic heterocycles. The fourth-order valence-electron chi connectivity index (χ4n) is 1.65. The zero-order valence-corrected chi connectivity index (χ0v) is 10.9. The molecule has 0 radical (unpaired) electrons. The number of nitrogens with two attached hydrogens (primary N) is 2. The zero-order valence-electron chi connectivity index (χ0n) is 10.1. The predicted molar refractivity (Wildman–Crippen MR) is 74.4 cm³/mol. The summed E-state index contributed by atoms with van der Waals surface area (Å²) in [4.78, 5) is 11.0. The van der Waals surface area contributed by atoms with Gasteiger partial charge in [0.15, 0.2) is 0 Å². The Hall–Kier alpha value is -2.04. The summed E-state index contributed by atoms with van der Waals surface area (Å²) in [6.07, 6.45) is 0. The van der Waals surface area contributed by atoms with E-state index in [2.05, 4.69) is 0 Å². The molecule has 0 saturated heterocycles. The van der Waals surface area contributed by atoms with Crippen molar-refractivity contribution in [1.29, 1.82) is 0 Å². The quantitative estimate of drug-likeness (QED) is 0.901. The van der Waals surface area contributed by atoms with Gasteiger partial charge in [-0.05, 0) is 36.4 Å². The molecule has 1 amide bonds. The van der Waals surface area contributed by atoms with Gasteiger partial charge in [-0.3, -0.25) is 4.79 Å². The van der Waals surface area contributed by atoms with Gasteiger partial charge in [0.05, 0.1) is 0 Å². The lowest BCUT2D eigenvalue weighted by Gasteiger charge is -2.11. The number of rotatable bonds is 4. The minimum absolute atomic E-state index is 0.286. The van der Waals surface area contributed by atoms with Gasteiger partial charge in [0.25, 0.3) is 0 Å². The molecule has 0 aliphatic carbocycles. The van der Waals surface area contributed by atoms with E-state index in [1.807, 2.05) is 0 Å². The Labute approximate surface area is 115 Å². The van der Waals surface area contributed by atoms with Crippen molar-refractivity contribution < 1.29 is 9.53 Å². The minimum atomic E-state index is -0.475. The SMILES string of the molecule is NCc1c(Cl)cccc1Oc1ccc(C(N)=O)cc1. The van der Waals surface area contributed by atoms with Crippen molar-refractivity contribution in [2.24, 2.45) is 11.5 Å². The second-order valence-electron chi connectivity index (χ2n) is 3.91. The molecule has 0 atom stereocenters. The Bertz CT molecular complexity index is 597. The monoisotopic (exact) mass is 276 g/mol. The lowest BCUT2D eigenvalue weighted by atomic mass is 10.2. The Kier molecular flexibility index (Phi) is 4.04. The molecular weight excluding hydrogens is 264 g/mol. The molecule has 2 aromatic rings. The van der Waals surface area contributed by atoms with Crippen molar-refractivity contribution in [3.63, 3.8) is 0 Å². The van der Waals surface area contributed by atoms with Crippen molar-refractivity contribution in [2.75, 3.05) is 0 Å². The summed E-state index contributed by atoms with van der Waals surface area (Å²) < 4.78 is 5.70. The molecule has 98 valence electrons. The average Bonchev–Trinajstić information content (AvgIpc) is 2.39. The first kappa shape index (κ1) is 13.4. The van der Waals surface area contributed by atoms with E-state index in [9.17, 15) is 4.79 Å². The summed E-state index contributed by atoms with van der Waals surface area (Å²) in [7, 11) is 0. The normalized spacial score (nSPS) is 10.2. The highest BCUT2D eigenvalue weighted by atomic mass is 35.5. The smallest absolute Gasteiger partial charge is 0.248 e. The number of primary amides is 1. The molecule has 4 nitrogen and oxygen atoms in total. The molecule has 0 fully saturated rings. The number of carbonyl (C=O) groups excluding carboxylic acids is 1. The molecule has 0 heterocycles. The van der Waals surface area contributed by atoms with E-state index in [1.54, 1.807) is 42.5 Å². The highest BCUT2D eigenvalue weighted by Crippen LogP contribution is 2.30. The maximum Gasteiger partial charge on any atom is 0.248 e. The van der Waals surface area contributed by atoms with Crippen molar-refractivity contribution in [1.82, 2.24) is 0 Å². The van der Waals surface area contributed by atoms with E-state index >= 15 is 0 Å². The zero-order chi connectivity index (χ0) is 13.8. The van der Waals surface area contributed by atoms with Gasteiger partial charge < -0.3 is 16.2 Å². The minimum Gasteiger partial charge on any atom is -0.457 e. The number of hydrogen-bond acceptors (Lipinski definition) is 3. The number of ether oxygens (including phenoxy) is 1. The summed E-state index contributed by atoms with van der Waals surface area (Å²) >= 11 is 6.04. The van der Waals surface area contributed by atoms with Crippen molar-refractivity contribution in [3.05, 3.63) is 58.6 Å². The van der Waals surface area contributed by atoms with E-state index in [-0.39, 0.29) is 6.54 Å². The molecule has 0 saturated carbocycles. The van der Waals surface area contributed by atoms with Gasteiger partial charge in [0.2, 0.25) is 5.91 Å². The predicted octanol–water partition coefficient (Wildman–Crippen LogP) is 2.69. The second-order valence-corrected chi connectivity index (χ2v) is 4.32. The Morgan fingerprint density at radius 3 is 2.42 bits per heavy atom. The van der Waals surface area contributed by atoms with Crippen LogP contribution in [-0.4, -0.2) is 5.91 Å². The van der Waals surface area contributed by atoms with Gasteiger partial charge in [-0.15, -0.1) is 0 Å². The van der Waals surface area contributed by atoms with Crippen molar-refractivity contribution in [3.8, 4) is 11.5 Å². The molecule has 19 heavy (non-hydrogen) atoms. The highest BCUT2D eigenvalue weighted by molar-refractivity contribution is 6.31. The fourth-order valence-corrected chi connectivity index (χ4v) is 1.89. The van der Waals surface area contributed by atoms with Crippen LogP contribution in [0.4, 0.5) is 0 Å². The Morgan fingerprint density at radius 1 is 1.16 bits per heavy atom. The Morgan fingerprint density at radius 2 is 1.84 bits per heavy atom. The molecule has 0 bridgehead atoms. The summed E-state index contributed by atoms with van der Waals surface area (Å²) in [5.41, 5.74) is 12.0. The van der Waals surface area contributed by atoms with E-state index in [0.717, 1.165) is 5.56 Å². The van der Waals surface area contributed by atoms with Crippen LogP contribution in [0.25, 0.3) is 0 Å². The van der Waals surface area contributed by atoms with Gasteiger partial charge in [-0.25, -0.2) is 0 Å². The van der Waals surface area contributed by atoms with E-state index in [0.29, 0.717) is 22.1 Å². The molecule has 0 aromatic heterocycles. The maximum absolute atomic E-state index is 11.0. The van der Waals surface area contributed by atoms with Crippen LogP contribution in [0.5, 0.6) is 11.5 Å². The van der Waals surface area contributed by atoms with Crippen LogP contribution < -0.4 is 16.2 Å². The van der Waals surface area contributed by atoms with Crippen molar-refractivity contribution in [2.45, 2.75) is 6.54 Å². The van der Waals surface area contributed by atoms with E-state index < -0.39 is 5.91 Å². The van der Waals surface area contributed by atoms with Gasteiger partial charge in [-0.2, -0.15) is 0 Å². The summed E-state index contributed by atoms with van der Waals surface area (Å²) in [6, 6.07) is 11.9. The molecule has 5 heteroatoms. The topological polar surface area (TPSA) is 78.3 Å². The Balaban J connectivity index is 2.26. The van der Waals surface area contributed by atoms with E-state index in [1.165, 1.54) is 0 Å². The lowest BCUT2D eigenvalue weighted by Crippen LogP contribution is -2.10. The molecular formula is C14H13ClN2O2. The molecule has 0 aliphatic rings. The van der Waals surface area contributed by atoms with Gasteiger partial charge in [0.1, 0.15) is 11.5 Å². The highest BCUT2D eigenvalue weighted by Gasteiger charge is 2.08. The van der Waals surface area contributed by atoms with Crippen LogP contribution in [0, 0.1) is 0 Å². The van der Waals surface area contributed by atoms with Crippen LogP contribution >= 0.6 is 11.6 Å². The van der Waals surface area contributed by atoms with Crippen LogP contribution in [0.15, 0.2) is 42.5 Å². The summed E-state index contributed by atoms with van der Waals surface area (Å²) in [5, 5.41) is 0.564. The number of amides is 1. The number of benzene rings is 2. The van der Waals surface area contributed by atoms with Gasteiger partial charge >= 0.3 is 0 Å². The third-order valence-electron chi connectivity index (χ3n) is 2.65. The largest absolute Gasteiger partial charge is 0.457 e. The van der Waals surface area contributed by atoms with Gasteiger partial charge in [0, 0.05) is 22.7 Å². The molecule has 0 unspecified atom stereocenters. The maximum atomic E-state index is 11.0. The first-order chi connectivity index (χ1) is 9.11. The number of carbonyl (C=O) groups is 1. The number of hydrogen-bond donors (Lipinski definition) is 2. The van der Waals surface area contributed by atoms with Crippen molar-refractivity contribution >= 4 is 17.5 Å².